The lowest BCUT2D eigenvalue weighted by molar-refractivity contribution is -0.144. The van der Waals surface area contributed by atoms with Crippen molar-refractivity contribution in [3.63, 3.8) is 0 Å². The van der Waals surface area contributed by atoms with Crippen LogP contribution in [0.15, 0.2) is 23.4 Å². The van der Waals surface area contributed by atoms with Gasteiger partial charge in [-0.05, 0) is 18.6 Å². The summed E-state index contributed by atoms with van der Waals surface area (Å²) in [4.78, 5) is 24.4. The van der Waals surface area contributed by atoms with Crippen molar-refractivity contribution in [2.45, 2.75) is 6.92 Å². The molecule has 0 unspecified atom stereocenters. The Morgan fingerprint density at radius 3 is 1.81 bits per heavy atom. The molecule has 0 aromatic rings. The number of ether oxygens (including phenoxy) is 2. The van der Waals surface area contributed by atoms with Gasteiger partial charge in [0.2, 0.25) is 0 Å². The Bertz CT molecular complexity index is 311. The van der Waals surface area contributed by atoms with E-state index in [0.29, 0.717) is 0 Å². The van der Waals surface area contributed by atoms with Gasteiger partial charge in [-0.3, -0.25) is 0 Å². The average Bonchev–Trinajstić information content (AvgIpc) is 2.22. The van der Waals surface area contributed by atoms with Crippen molar-refractivity contribution in [1.82, 2.24) is 4.90 Å². The van der Waals surface area contributed by atoms with Crippen LogP contribution in [0.5, 0.6) is 0 Å². The highest BCUT2D eigenvalue weighted by molar-refractivity contribution is 6.14. The maximum atomic E-state index is 11.3. The zero-order valence-electron chi connectivity index (χ0n) is 10.2. The molecule has 16 heavy (non-hydrogen) atoms. The molecule has 0 N–H and O–H groups in total. The third-order valence-electron chi connectivity index (χ3n) is 1.64. The topological polar surface area (TPSA) is 55.8 Å². The zero-order valence-corrected chi connectivity index (χ0v) is 10.2. The molecule has 0 atom stereocenters. The zero-order chi connectivity index (χ0) is 12.7. The molecule has 0 radical (unpaired) electrons. The van der Waals surface area contributed by atoms with E-state index in [2.05, 4.69) is 9.47 Å². The van der Waals surface area contributed by atoms with Crippen LogP contribution in [0.1, 0.15) is 6.92 Å². The normalized spacial score (nSPS) is 10.4. The van der Waals surface area contributed by atoms with Crippen molar-refractivity contribution in [2.24, 2.45) is 0 Å². The fourth-order valence-corrected chi connectivity index (χ4v) is 1.09. The lowest BCUT2D eigenvalue weighted by Crippen LogP contribution is -2.16. The van der Waals surface area contributed by atoms with Crippen LogP contribution >= 0.6 is 0 Å². The second kappa shape index (κ2) is 6.66. The van der Waals surface area contributed by atoms with Crippen LogP contribution in [0.4, 0.5) is 0 Å². The maximum Gasteiger partial charge on any atom is 0.345 e. The summed E-state index contributed by atoms with van der Waals surface area (Å²) in [7, 11) is 6.11. The number of methoxy groups -OCH3 is 2. The number of esters is 2. The summed E-state index contributed by atoms with van der Waals surface area (Å²) in [5.74, 6) is -1.42. The first-order valence-corrected chi connectivity index (χ1v) is 4.65. The van der Waals surface area contributed by atoms with Crippen LogP contribution in [0, 0.1) is 0 Å². The van der Waals surface area contributed by atoms with Crippen molar-refractivity contribution in [2.75, 3.05) is 28.3 Å². The second-order valence-electron chi connectivity index (χ2n) is 3.38. The van der Waals surface area contributed by atoms with Crippen molar-refractivity contribution < 1.29 is 19.1 Å². The maximum absolute atomic E-state index is 11.3. The lowest BCUT2D eigenvalue weighted by atomic mass is 10.2. The van der Waals surface area contributed by atoms with Gasteiger partial charge in [-0.15, -0.1) is 0 Å². The Kier molecular flexibility index (Phi) is 5.92. The van der Waals surface area contributed by atoms with Crippen molar-refractivity contribution >= 4 is 11.9 Å². The van der Waals surface area contributed by atoms with E-state index in [-0.39, 0.29) is 5.57 Å². The fourth-order valence-electron chi connectivity index (χ4n) is 1.09. The summed E-state index contributed by atoms with van der Waals surface area (Å²) in [6.45, 7) is 1.77. The molecule has 0 amide bonds. The molecule has 0 aromatic carbocycles. The minimum atomic E-state index is -0.710. The third kappa shape index (κ3) is 4.63. The number of hydrogen-bond donors (Lipinski definition) is 0. The van der Waals surface area contributed by atoms with E-state index < -0.39 is 11.9 Å². The average molecular weight is 227 g/mol. The van der Waals surface area contributed by atoms with Gasteiger partial charge in [0, 0.05) is 20.3 Å². The van der Waals surface area contributed by atoms with E-state index in [4.69, 9.17) is 0 Å². The summed E-state index contributed by atoms with van der Waals surface area (Å²) in [5, 5.41) is 0. The molecular weight excluding hydrogens is 210 g/mol. The largest absolute Gasteiger partial charge is 0.465 e. The number of hydrogen-bond acceptors (Lipinski definition) is 5. The van der Waals surface area contributed by atoms with E-state index in [1.165, 1.54) is 20.3 Å². The molecule has 0 spiro atoms. The Hall–Kier alpha value is -1.78. The van der Waals surface area contributed by atoms with Crippen LogP contribution in [0.25, 0.3) is 0 Å². The molecule has 0 bridgehead atoms. The van der Waals surface area contributed by atoms with Crippen molar-refractivity contribution in [3.8, 4) is 0 Å². The summed E-state index contributed by atoms with van der Waals surface area (Å²) in [6, 6.07) is 0. The quantitative estimate of drug-likeness (QED) is 0.233. The highest BCUT2D eigenvalue weighted by Crippen LogP contribution is 2.06. The first-order chi connectivity index (χ1) is 7.42. The van der Waals surface area contributed by atoms with E-state index in [9.17, 15) is 9.59 Å². The molecule has 0 heterocycles. The molecule has 5 heteroatoms. The van der Waals surface area contributed by atoms with Gasteiger partial charge in [0.1, 0.15) is 5.57 Å². The molecule has 0 saturated heterocycles. The smallest absolute Gasteiger partial charge is 0.345 e. The summed E-state index contributed by atoms with van der Waals surface area (Å²) in [6.07, 6.45) is 3.20. The minimum Gasteiger partial charge on any atom is -0.465 e. The van der Waals surface area contributed by atoms with Crippen LogP contribution in [0.2, 0.25) is 0 Å². The number of carbonyl (C=O) groups excluding carboxylic acids is 2. The monoisotopic (exact) mass is 227 g/mol. The number of rotatable bonds is 4. The fraction of sp³-hybridized carbons (Fsp3) is 0.455. The van der Waals surface area contributed by atoms with Crippen LogP contribution in [-0.4, -0.2) is 45.2 Å². The highest BCUT2D eigenvalue weighted by Gasteiger charge is 2.19. The third-order valence-corrected chi connectivity index (χ3v) is 1.64. The highest BCUT2D eigenvalue weighted by atomic mass is 16.5. The van der Waals surface area contributed by atoms with Gasteiger partial charge in [-0.1, -0.05) is 0 Å². The molecule has 0 aliphatic rings. The Balaban J connectivity index is 5.11. The van der Waals surface area contributed by atoms with Gasteiger partial charge in [0.05, 0.1) is 14.2 Å². The summed E-state index contributed by atoms with van der Waals surface area (Å²) >= 11 is 0. The van der Waals surface area contributed by atoms with Crippen molar-refractivity contribution in [1.29, 1.82) is 0 Å². The Morgan fingerprint density at radius 2 is 1.50 bits per heavy atom. The van der Waals surface area contributed by atoms with Gasteiger partial charge in [-0.2, -0.15) is 0 Å². The first-order valence-electron chi connectivity index (χ1n) is 4.65. The first kappa shape index (κ1) is 14.2. The Morgan fingerprint density at radius 1 is 1.06 bits per heavy atom. The molecular formula is C11H17NO4. The SMILES string of the molecule is COC(=O)C(=C/C(C)=C\N(C)C)C(=O)OC. The van der Waals surface area contributed by atoms with E-state index in [1.807, 2.05) is 14.1 Å². The van der Waals surface area contributed by atoms with E-state index >= 15 is 0 Å². The summed E-state index contributed by atoms with van der Waals surface area (Å²) in [5.41, 5.74) is 0.622. The minimum absolute atomic E-state index is 0.124. The van der Waals surface area contributed by atoms with E-state index in [0.717, 1.165) is 5.57 Å². The summed E-state index contributed by atoms with van der Waals surface area (Å²) < 4.78 is 8.98. The number of allylic oxidation sites excluding steroid dienone is 2. The van der Waals surface area contributed by atoms with Crippen LogP contribution in [-0.2, 0) is 19.1 Å². The Labute approximate surface area is 95.3 Å². The molecule has 0 aromatic heterocycles. The molecule has 0 aliphatic carbocycles. The van der Waals surface area contributed by atoms with Crippen LogP contribution in [0.3, 0.4) is 0 Å². The molecule has 0 saturated carbocycles. The number of nitrogens with zero attached hydrogens (tertiary/aromatic N) is 1. The second-order valence-corrected chi connectivity index (χ2v) is 3.38. The predicted molar refractivity (Wildman–Crippen MR) is 59.6 cm³/mol. The molecule has 5 nitrogen and oxygen atoms in total. The van der Waals surface area contributed by atoms with E-state index in [1.54, 1.807) is 18.0 Å². The lowest BCUT2D eigenvalue weighted by Gasteiger charge is -2.07. The molecule has 90 valence electrons. The number of carbonyl (C=O) groups is 2. The van der Waals surface area contributed by atoms with Gasteiger partial charge in [0.25, 0.3) is 0 Å². The van der Waals surface area contributed by atoms with Gasteiger partial charge in [0.15, 0.2) is 0 Å². The standard InChI is InChI=1S/C11H17NO4/c1-8(7-12(2)3)6-9(10(13)15-4)11(14)16-5/h6-7H,1-5H3/b8-7-. The van der Waals surface area contributed by atoms with Crippen molar-refractivity contribution in [3.05, 3.63) is 23.4 Å². The molecule has 0 rings (SSSR count). The van der Waals surface area contributed by atoms with Crippen LogP contribution < -0.4 is 0 Å². The van der Waals surface area contributed by atoms with Gasteiger partial charge < -0.3 is 14.4 Å². The molecule has 0 aliphatic heterocycles. The molecule has 0 fully saturated rings. The van der Waals surface area contributed by atoms with Gasteiger partial charge in [-0.25, -0.2) is 9.59 Å². The van der Waals surface area contributed by atoms with Gasteiger partial charge >= 0.3 is 11.9 Å². The predicted octanol–water partition coefficient (Wildman–Crippen LogP) is 0.724.